The molecule has 3 N–H and O–H groups in total. The van der Waals surface area contributed by atoms with Gasteiger partial charge in [0.1, 0.15) is 0 Å². The minimum Gasteiger partial charge on any atom is -0.323 e. The molecule has 0 saturated carbocycles. The van der Waals surface area contributed by atoms with Crippen molar-refractivity contribution in [2.24, 2.45) is 5.73 Å². The molecule has 6 heteroatoms. The lowest BCUT2D eigenvalue weighted by Gasteiger charge is -2.15. The van der Waals surface area contributed by atoms with Crippen LogP contribution in [0.1, 0.15) is 48.1 Å². The van der Waals surface area contributed by atoms with Gasteiger partial charge in [-0.05, 0) is 34.7 Å². The van der Waals surface area contributed by atoms with Crippen LogP contribution in [-0.4, -0.2) is 15.0 Å². The van der Waals surface area contributed by atoms with Crippen molar-refractivity contribution in [2.45, 2.75) is 31.6 Å². The van der Waals surface area contributed by atoms with E-state index in [4.69, 9.17) is 11.0 Å². The molecule has 1 atom stereocenters. The highest BCUT2D eigenvalue weighted by atomic mass is 32.2. The molecule has 5 nitrogen and oxygen atoms in total. The fraction of sp³-hybridized carbons (Fsp3) is 0.316. The van der Waals surface area contributed by atoms with E-state index in [1.807, 2.05) is 30.3 Å². The van der Waals surface area contributed by atoms with Crippen LogP contribution in [0.15, 0.2) is 48.5 Å². The highest BCUT2D eigenvalue weighted by Gasteiger charge is 2.15. The predicted molar refractivity (Wildman–Crippen MR) is 99.2 cm³/mol. The van der Waals surface area contributed by atoms with E-state index in [-0.39, 0.29) is 12.3 Å². The Morgan fingerprint density at radius 3 is 2.36 bits per heavy atom. The first-order valence-corrected chi connectivity index (χ1v) is 9.78. The highest BCUT2D eigenvalue weighted by Crippen LogP contribution is 2.17. The van der Waals surface area contributed by atoms with Crippen molar-refractivity contribution in [1.82, 2.24) is 4.72 Å². The molecule has 0 radical (unpaired) electrons. The van der Waals surface area contributed by atoms with Crippen molar-refractivity contribution < 1.29 is 8.42 Å². The summed E-state index contributed by atoms with van der Waals surface area (Å²) in [6.07, 6.45) is 0. The molecule has 2 aromatic carbocycles. The van der Waals surface area contributed by atoms with Gasteiger partial charge in [-0.3, -0.25) is 0 Å². The van der Waals surface area contributed by atoms with E-state index in [1.54, 1.807) is 24.3 Å². The van der Waals surface area contributed by atoms with E-state index in [9.17, 15) is 8.42 Å². The van der Waals surface area contributed by atoms with E-state index in [2.05, 4.69) is 18.6 Å². The topological polar surface area (TPSA) is 96.0 Å². The molecule has 2 rings (SSSR count). The number of hydrogen-bond donors (Lipinski definition) is 2. The number of sulfonamides is 1. The summed E-state index contributed by atoms with van der Waals surface area (Å²) in [5.74, 6) is 0.259. The van der Waals surface area contributed by atoms with Crippen molar-refractivity contribution in [1.29, 1.82) is 5.26 Å². The lowest BCUT2D eigenvalue weighted by atomic mass is 9.99. The summed E-state index contributed by atoms with van der Waals surface area (Å²) in [6.45, 7) is 4.36. The Balaban J connectivity index is 1.97. The van der Waals surface area contributed by atoms with E-state index >= 15 is 0 Å². The number of benzene rings is 2. The highest BCUT2D eigenvalue weighted by molar-refractivity contribution is 7.88. The third kappa shape index (κ3) is 5.68. The Labute approximate surface area is 149 Å². The smallest absolute Gasteiger partial charge is 0.215 e. The van der Waals surface area contributed by atoms with Gasteiger partial charge in [0.25, 0.3) is 0 Å². The van der Waals surface area contributed by atoms with E-state index < -0.39 is 16.1 Å². The first kappa shape index (κ1) is 19.1. The lowest BCUT2D eigenvalue weighted by molar-refractivity contribution is 0.571. The molecule has 132 valence electrons. The molecule has 0 spiro atoms. The van der Waals surface area contributed by atoms with Gasteiger partial charge < -0.3 is 5.73 Å². The summed E-state index contributed by atoms with van der Waals surface area (Å²) < 4.78 is 27.0. The van der Waals surface area contributed by atoms with Crippen molar-refractivity contribution in [2.75, 3.05) is 6.54 Å². The van der Waals surface area contributed by atoms with Crippen LogP contribution < -0.4 is 10.5 Å². The molecule has 0 fully saturated rings. The van der Waals surface area contributed by atoms with E-state index in [0.717, 1.165) is 5.56 Å². The summed E-state index contributed by atoms with van der Waals surface area (Å²) in [7, 11) is -3.52. The molecule has 0 heterocycles. The Hall–Kier alpha value is -2.20. The van der Waals surface area contributed by atoms with Gasteiger partial charge in [-0.15, -0.1) is 0 Å². The van der Waals surface area contributed by atoms with Crippen LogP contribution in [0, 0.1) is 11.3 Å². The molecule has 0 aromatic heterocycles. The fourth-order valence-electron chi connectivity index (χ4n) is 2.46. The standard InChI is InChI=1S/C19H23N3O2S/c1-14(2)17-6-8-18(9-7-17)19(21)12-22-25(23,24)13-16-5-3-4-15(10-16)11-20/h3-10,14,19,22H,12-13,21H2,1-2H3. The van der Waals surface area contributed by atoms with Crippen LogP contribution >= 0.6 is 0 Å². The Bertz CT molecular complexity index is 853. The molecule has 0 aliphatic carbocycles. The number of nitriles is 1. The monoisotopic (exact) mass is 357 g/mol. The maximum atomic E-state index is 12.2. The van der Waals surface area contributed by atoms with Gasteiger partial charge in [0.05, 0.1) is 17.4 Å². The average Bonchev–Trinajstić information content (AvgIpc) is 2.59. The number of hydrogen-bond acceptors (Lipinski definition) is 4. The third-order valence-corrected chi connectivity index (χ3v) is 5.29. The minimum absolute atomic E-state index is 0.126. The SMILES string of the molecule is CC(C)c1ccc(C(N)CNS(=O)(=O)Cc2cccc(C#N)c2)cc1. The van der Waals surface area contributed by atoms with Crippen LogP contribution in [0.4, 0.5) is 0 Å². The van der Waals surface area contributed by atoms with Crippen LogP contribution in [-0.2, 0) is 15.8 Å². The average molecular weight is 357 g/mol. The summed E-state index contributed by atoms with van der Waals surface area (Å²) in [6, 6.07) is 16.1. The largest absolute Gasteiger partial charge is 0.323 e. The molecule has 2 aromatic rings. The number of nitrogens with two attached hydrogens (primary N) is 1. The molecule has 0 amide bonds. The second-order valence-electron chi connectivity index (χ2n) is 6.35. The quantitative estimate of drug-likeness (QED) is 0.796. The number of nitrogens with one attached hydrogen (secondary N) is 1. The molecular formula is C19H23N3O2S. The molecule has 1 unspecified atom stereocenters. The summed E-state index contributed by atoms with van der Waals surface area (Å²) in [4.78, 5) is 0. The molecule has 25 heavy (non-hydrogen) atoms. The van der Waals surface area contributed by atoms with Gasteiger partial charge >= 0.3 is 0 Å². The Morgan fingerprint density at radius 2 is 1.76 bits per heavy atom. The van der Waals surface area contributed by atoms with Gasteiger partial charge in [-0.2, -0.15) is 5.26 Å². The zero-order valence-corrected chi connectivity index (χ0v) is 15.3. The zero-order valence-electron chi connectivity index (χ0n) is 14.4. The fourth-order valence-corrected chi connectivity index (χ4v) is 3.62. The number of nitrogens with zero attached hydrogens (tertiary/aromatic N) is 1. The normalized spacial score (nSPS) is 12.8. The molecule has 0 saturated heterocycles. The van der Waals surface area contributed by atoms with Crippen molar-refractivity contribution in [3.63, 3.8) is 0 Å². The Kier molecular flexibility index (Phi) is 6.32. The van der Waals surface area contributed by atoms with Gasteiger partial charge in [0.2, 0.25) is 10.0 Å². The first-order valence-electron chi connectivity index (χ1n) is 8.12. The maximum Gasteiger partial charge on any atom is 0.215 e. The predicted octanol–water partition coefficient (Wildman–Crippen LogP) is 2.80. The maximum absolute atomic E-state index is 12.2. The van der Waals surface area contributed by atoms with Crippen LogP contribution in [0.5, 0.6) is 0 Å². The second kappa shape index (κ2) is 8.26. The lowest BCUT2D eigenvalue weighted by Crippen LogP contribution is -2.32. The first-order chi connectivity index (χ1) is 11.8. The third-order valence-electron chi connectivity index (χ3n) is 3.97. The zero-order chi connectivity index (χ0) is 18.4. The van der Waals surface area contributed by atoms with Crippen LogP contribution in [0.2, 0.25) is 0 Å². The second-order valence-corrected chi connectivity index (χ2v) is 8.15. The van der Waals surface area contributed by atoms with Crippen LogP contribution in [0.3, 0.4) is 0 Å². The summed E-state index contributed by atoms with van der Waals surface area (Å²) in [5.41, 5.74) is 9.21. The Morgan fingerprint density at radius 1 is 1.12 bits per heavy atom. The van der Waals surface area contributed by atoms with E-state index in [0.29, 0.717) is 17.0 Å². The van der Waals surface area contributed by atoms with Crippen LogP contribution in [0.25, 0.3) is 0 Å². The van der Waals surface area contributed by atoms with Gasteiger partial charge in [-0.1, -0.05) is 50.2 Å². The van der Waals surface area contributed by atoms with Crippen molar-refractivity contribution in [3.05, 3.63) is 70.8 Å². The van der Waals surface area contributed by atoms with Gasteiger partial charge in [0, 0.05) is 12.6 Å². The summed E-state index contributed by atoms with van der Waals surface area (Å²) in [5, 5.41) is 8.88. The minimum atomic E-state index is -3.52. The van der Waals surface area contributed by atoms with E-state index in [1.165, 1.54) is 5.56 Å². The van der Waals surface area contributed by atoms with Crippen molar-refractivity contribution >= 4 is 10.0 Å². The van der Waals surface area contributed by atoms with Crippen molar-refractivity contribution in [3.8, 4) is 6.07 Å². The van der Waals surface area contributed by atoms with Gasteiger partial charge in [-0.25, -0.2) is 13.1 Å². The molecule has 0 aliphatic heterocycles. The molecule has 0 bridgehead atoms. The summed E-state index contributed by atoms with van der Waals surface area (Å²) >= 11 is 0. The molecular weight excluding hydrogens is 334 g/mol. The molecule has 0 aliphatic rings. The number of rotatable bonds is 7. The van der Waals surface area contributed by atoms with Gasteiger partial charge in [0.15, 0.2) is 0 Å².